The zero-order chi connectivity index (χ0) is 23.1. The molecule has 1 atom stereocenters. The predicted octanol–water partition coefficient (Wildman–Crippen LogP) is 3.58. The number of ketones is 1. The number of carbonyl (C=O) groups excluding carboxylic acids is 1. The second-order valence-electron chi connectivity index (χ2n) is 9.06. The highest BCUT2D eigenvalue weighted by atomic mass is 19.1. The van der Waals surface area contributed by atoms with E-state index in [0.717, 1.165) is 55.5 Å². The number of benzene rings is 2. The maximum Gasteiger partial charge on any atom is 0.231 e. The normalized spacial score (nSPS) is 19.9. The Labute approximate surface area is 197 Å². The molecule has 0 unspecified atom stereocenters. The number of fused-ring (bicyclic) bond motifs is 2. The average Bonchev–Trinajstić information content (AvgIpc) is 3.33. The molecule has 0 spiro atoms. The zero-order valence-electron chi connectivity index (χ0n) is 18.7. The highest BCUT2D eigenvalue weighted by Gasteiger charge is 2.29. The number of rotatable bonds is 4. The SMILES string of the molecule is O=C1C[C@@H](c2ccc(F)cc2)Cc2nc(N3CCN(Cc4ccc5c(c4)OCO5)CC3)ncc21. The lowest BCUT2D eigenvalue weighted by molar-refractivity contribution is 0.0962. The number of Topliss-reactive ketones (excluding diaryl/α,β-unsaturated/α-hetero) is 1. The molecule has 1 aromatic heterocycles. The number of hydrogen-bond acceptors (Lipinski definition) is 7. The zero-order valence-corrected chi connectivity index (χ0v) is 18.7. The summed E-state index contributed by atoms with van der Waals surface area (Å²) in [6.45, 7) is 4.56. The van der Waals surface area contributed by atoms with Crippen molar-refractivity contribution in [1.82, 2.24) is 14.9 Å². The van der Waals surface area contributed by atoms with Crippen LogP contribution in [0.5, 0.6) is 11.5 Å². The summed E-state index contributed by atoms with van der Waals surface area (Å²) in [6, 6.07) is 12.5. The number of piperazine rings is 1. The molecule has 0 bridgehead atoms. The molecule has 3 aliphatic rings. The van der Waals surface area contributed by atoms with Crippen molar-refractivity contribution in [3.05, 3.63) is 76.9 Å². The van der Waals surface area contributed by atoms with E-state index in [9.17, 15) is 9.18 Å². The monoisotopic (exact) mass is 460 g/mol. The van der Waals surface area contributed by atoms with Crippen molar-refractivity contribution in [3.63, 3.8) is 0 Å². The van der Waals surface area contributed by atoms with Gasteiger partial charge < -0.3 is 14.4 Å². The molecular weight excluding hydrogens is 435 g/mol. The first kappa shape index (κ1) is 21.0. The van der Waals surface area contributed by atoms with Crippen LogP contribution in [-0.4, -0.2) is 53.6 Å². The third-order valence-corrected chi connectivity index (χ3v) is 6.87. The van der Waals surface area contributed by atoms with Crippen LogP contribution >= 0.6 is 0 Å². The summed E-state index contributed by atoms with van der Waals surface area (Å²) in [7, 11) is 0. The topological polar surface area (TPSA) is 67.8 Å². The number of halogens is 1. The van der Waals surface area contributed by atoms with Gasteiger partial charge in [0.1, 0.15) is 5.82 Å². The smallest absolute Gasteiger partial charge is 0.231 e. The van der Waals surface area contributed by atoms with E-state index in [1.165, 1.54) is 17.7 Å². The number of hydrogen-bond donors (Lipinski definition) is 0. The van der Waals surface area contributed by atoms with Gasteiger partial charge in [0.05, 0.1) is 11.3 Å². The van der Waals surface area contributed by atoms with Crippen LogP contribution in [0, 0.1) is 5.82 Å². The van der Waals surface area contributed by atoms with Crippen molar-refractivity contribution < 1.29 is 18.7 Å². The summed E-state index contributed by atoms with van der Waals surface area (Å²) in [5.74, 6) is 2.09. The molecule has 6 rings (SSSR count). The fraction of sp³-hybridized carbons (Fsp3) is 0.346. The van der Waals surface area contributed by atoms with E-state index in [1.807, 2.05) is 6.07 Å². The molecule has 174 valence electrons. The Morgan fingerprint density at radius 1 is 0.971 bits per heavy atom. The third-order valence-electron chi connectivity index (χ3n) is 6.87. The lowest BCUT2D eigenvalue weighted by Crippen LogP contribution is -2.46. The molecular formula is C26H25FN4O3. The van der Waals surface area contributed by atoms with Gasteiger partial charge in [0.15, 0.2) is 17.3 Å². The first-order valence-corrected chi connectivity index (χ1v) is 11.6. The second-order valence-corrected chi connectivity index (χ2v) is 9.06. The molecule has 2 aromatic carbocycles. The van der Waals surface area contributed by atoms with Gasteiger partial charge in [0.2, 0.25) is 12.7 Å². The van der Waals surface area contributed by atoms with Gasteiger partial charge in [-0.15, -0.1) is 0 Å². The molecule has 0 amide bonds. The molecule has 0 N–H and O–H groups in total. The van der Waals surface area contributed by atoms with E-state index in [0.29, 0.717) is 24.4 Å². The Morgan fingerprint density at radius 2 is 1.76 bits per heavy atom. The van der Waals surface area contributed by atoms with Gasteiger partial charge in [-0.2, -0.15) is 0 Å². The number of carbonyl (C=O) groups is 1. The van der Waals surface area contributed by atoms with Gasteiger partial charge in [-0.1, -0.05) is 18.2 Å². The number of aromatic nitrogens is 2. The minimum Gasteiger partial charge on any atom is -0.454 e. The first-order chi connectivity index (χ1) is 16.6. The van der Waals surface area contributed by atoms with Crippen LogP contribution in [0.15, 0.2) is 48.7 Å². The van der Waals surface area contributed by atoms with Crippen molar-refractivity contribution in [2.75, 3.05) is 37.9 Å². The van der Waals surface area contributed by atoms with Gasteiger partial charge >= 0.3 is 0 Å². The molecule has 0 saturated carbocycles. The fourth-order valence-electron chi connectivity index (χ4n) is 4.96. The molecule has 8 heteroatoms. The molecule has 0 radical (unpaired) electrons. The summed E-state index contributed by atoms with van der Waals surface area (Å²) in [6.07, 6.45) is 2.74. The van der Waals surface area contributed by atoms with Crippen LogP contribution in [0.4, 0.5) is 10.3 Å². The van der Waals surface area contributed by atoms with Gasteiger partial charge in [0.25, 0.3) is 0 Å². The van der Waals surface area contributed by atoms with Crippen molar-refractivity contribution in [2.45, 2.75) is 25.3 Å². The van der Waals surface area contributed by atoms with Crippen LogP contribution in [0.3, 0.4) is 0 Å². The van der Waals surface area contributed by atoms with Gasteiger partial charge in [-0.3, -0.25) is 9.69 Å². The van der Waals surface area contributed by atoms with E-state index in [2.05, 4.69) is 26.9 Å². The molecule has 3 aromatic rings. The predicted molar refractivity (Wildman–Crippen MR) is 124 cm³/mol. The summed E-state index contributed by atoms with van der Waals surface area (Å²) in [5, 5.41) is 0. The maximum absolute atomic E-state index is 13.3. The molecule has 1 aliphatic carbocycles. The Kier molecular flexibility index (Phi) is 5.37. The van der Waals surface area contributed by atoms with Crippen molar-refractivity contribution in [2.24, 2.45) is 0 Å². The van der Waals surface area contributed by atoms with Crippen molar-refractivity contribution in [1.29, 1.82) is 0 Å². The summed E-state index contributed by atoms with van der Waals surface area (Å²) >= 11 is 0. The van der Waals surface area contributed by atoms with Crippen LogP contribution in [-0.2, 0) is 13.0 Å². The Bertz CT molecular complexity index is 1230. The molecule has 34 heavy (non-hydrogen) atoms. The lowest BCUT2D eigenvalue weighted by Gasteiger charge is -2.35. The number of nitrogens with zero attached hydrogens (tertiary/aromatic N) is 4. The average molecular weight is 461 g/mol. The number of ether oxygens (including phenoxy) is 2. The van der Waals surface area contributed by atoms with E-state index >= 15 is 0 Å². The Morgan fingerprint density at radius 3 is 2.59 bits per heavy atom. The maximum atomic E-state index is 13.3. The van der Waals surface area contributed by atoms with Crippen molar-refractivity contribution >= 4 is 11.7 Å². The molecule has 3 heterocycles. The minimum atomic E-state index is -0.270. The fourth-order valence-corrected chi connectivity index (χ4v) is 4.96. The Hall–Kier alpha value is -3.52. The van der Waals surface area contributed by atoms with Gasteiger partial charge in [-0.25, -0.2) is 14.4 Å². The quantitative estimate of drug-likeness (QED) is 0.590. The summed E-state index contributed by atoms with van der Waals surface area (Å²) < 4.78 is 24.2. The van der Waals surface area contributed by atoms with E-state index in [4.69, 9.17) is 14.5 Å². The standard InChI is InChI=1S/C26H25FN4O3/c27-20-4-2-18(3-5-20)19-12-22-21(23(32)13-19)14-28-26(29-22)31-9-7-30(8-10-31)15-17-1-6-24-25(11-17)34-16-33-24/h1-6,11,14,19H,7-10,12-13,15-16H2/t19-/m0/s1. The highest BCUT2D eigenvalue weighted by Crippen LogP contribution is 2.34. The highest BCUT2D eigenvalue weighted by molar-refractivity contribution is 5.98. The summed E-state index contributed by atoms with van der Waals surface area (Å²) in [4.78, 5) is 26.6. The van der Waals surface area contributed by atoms with E-state index in [1.54, 1.807) is 18.3 Å². The summed E-state index contributed by atoms with van der Waals surface area (Å²) in [5.41, 5.74) is 3.58. The minimum absolute atomic E-state index is 0.0156. The van der Waals surface area contributed by atoms with E-state index < -0.39 is 0 Å². The molecule has 1 saturated heterocycles. The van der Waals surface area contributed by atoms with E-state index in [-0.39, 0.29) is 24.3 Å². The largest absolute Gasteiger partial charge is 0.454 e. The number of anilines is 1. The lowest BCUT2D eigenvalue weighted by atomic mass is 9.82. The van der Waals surface area contributed by atoms with Crippen molar-refractivity contribution in [3.8, 4) is 11.5 Å². The Balaban J connectivity index is 1.12. The molecule has 2 aliphatic heterocycles. The third kappa shape index (κ3) is 4.09. The van der Waals surface area contributed by atoms with Crippen LogP contribution in [0.25, 0.3) is 0 Å². The van der Waals surface area contributed by atoms with Crippen LogP contribution < -0.4 is 14.4 Å². The van der Waals surface area contributed by atoms with Gasteiger partial charge in [0, 0.05) is 45.3 Å². The van der Waals surface area contributed by atoms with Crippen LogP contribution in [0.1, 0.15) is 39.5 Å². The molecule has 1 fully saturated rings. The van der Waals surface area contributed by atoms with Crippen LogP contribution in [0.2, 0.25) is 0 Å². The second kappa shape index (κ2) is 8.68. The molecule has 7 nitrogen and oxygen atoms in total. The first-order valence-electron chi connectivity index (χ1n) is 11.6. The van der Waals surface area contributed by atoms with Gasteiger partial charge in [-0.05, 0) is 47.7 Å².